The van der Waals surface area contributed by atoms with E-state index in [1.807, 2.05) is 41.3 Å². The minimum absolute atomic E-state index is 0.0151. The number of piperidine rings is 2. The van der Waals surface area contributed by atoms with Gasteiger partial charge in [0.25, 0.3) is 11.8 Å². The monoisotopic (exact) mass is 568 g/mol. The van der Waals surface area contributed by atoms with Crippen molar-refractivity contribution >= 4 is 23.4 Å². The molecule has 3 saturated heterocycles. The van der Waals surface area contributed by atoms with Crippen molar-refractivity contribution in [2.75, 3.05) is 44.3 Å². The lowest BCUT2D eigenvalue weighted by Gasteiger charge is -2.43. The molecule has 3 amide bonds. The van der Waals surface area contributed by atoms with E-state index in [0.29, 0.717) is 51.6 Å². The van der Waals surface area contributed by atoms with E-state index < -0.39 is 11.4 Å². The van der Waals surface area contributed by atoms with Crippen LogP contribution in [0, 0.1) is 11.7 Å². The summed E-state index contributed by atoms with van der Waals surface area (Å²) in [6.07, 6.45) is 3.77. The predicted molar refractivity (Wildman–Crippen MR) is 159 cm³/mol. The van der Waals surface area contributed by atoms with Gasteiger partial charge in [-0.25, -0.2) is 4.39 Å². The van der Waals surface area contributed by atoms with Crippen LogP contribution >= 0.6 is 0 Å². The fourth-order valence-corrected chi connectivity index (χ4v) is 6.80. The molecule has 3 aromatic rings. The molecule has 0 bridgehead atoms. The Labute approximate surface area is 246 Å². The molecule has 7 nitrogen and oxygen atoms in total. The van der Waals surface area contributed by atoms with Gasteiger partial charge in [0.1, 0.15) is 17.9 Å². The number of anilines is 1. The summed E-state index contributed by atoms with van der Waals surface area (Å²) in [6, 6.07) is 26.3. The molecule has 218 valence electrons. The normalized spacial score (nSPS) is 19.0. The molecule has 1 spiro atoms. The molecule has 6 rings (SSSR count). The molecule has 3 fully saturated rings. The predicted octanol–water partition coefficient (Wildman–Crippen LogP) is 4.59. The summed E-state index contributed by atoms with van der Waals surface area (Å²) in [4.78, 5) is 47.9. The molecule has 3 aromatic carbocycles. The zero-order chi connectivity index (χ0) is 29.1. The van der Waals surface area contributed by atoms with Gasteiger partial charge in [0.15, 0.2) is 0 Å². The average molecular weight is 569 g/mol. The first-order valence-electron chi connectivity index (χ1n) is 14.9. The second-order valence-corrected chi connectivity index (χ2v) is 11.7. The van der Waals surface area contributed by atoms with Crippen LogP contribution in [0.3, 0.4) is 0 Å². The third kappa shape index (κ3) is 5.50. The number of nitrogens with zero attached hydrogens (tertiary/aromatic N) is 4. The Hall–Kier alpha value is -4.20. The maximum Gasteiger partial charge on any atom is 0.256 e. The van der Waals surface area contributed by atoms with Crippen LogP contribution < -0.4 is 4.90 Å². The number of halogens is 1. The van der Waals surface area contributed by atoms with Gasteiger partial charge in [-0.3, -0.25) is 14.4 Å². The van der Waals surface area contributed by atoms with Crippen LogP contribution in [0.15, 0.2) is 84.9 Å². The van der Waals surface area contributed by atoms with E-state index in [0.717, 1.165) is 24.9 Å². The van der Waals surface area contributed by atoms with Crippen LogP contribution in [0.2, 0.25) is 0 Å². The Balaban J connectivity index is 1.12. The number of benzene rings is 3. The molecule has 0 radical (unpaired) electrons. The summed E-state index contributed by atoms with van der Waals surface area (Å²) in [5.41, 5.74) is 1.44. The number of para-hydroxylation sites is 1. The fourth-order valence-electron chi connectivity index (χ4n) is 6.80. The highest BCUT2D eigenvalue weighted by Gasteiger charge is 2.54. The first kappa shape index (κ1) is 27.9. The summed E-state index contributed by atoms with van der Waals surface area (Å²) >= 11 is 0. The number of rotatable bonds is 6. The summed E-state index contributed by atoms with van der Waals surface area (Å²) in [5, 5.41) is 0. The van der Waals surface area contributed by atoms with Gasteiger partial charge in [0.05, 0.1) is 12.2 Å². The number of amides is 3. The zero-order valence-electron chi connectivity index (χ0n) is 23.8. The molecule has 0 N–H and O–H groups in total. The Morgan fingerprint density at radius 3 is 2.07 bits per heavy atom. The van der Waals surface area contributed by atoms with Crippen molar-refractivity contribution in [3.63, 3.8) is 0 Å². The van der Waals surface area contributed by atoms with Gasteiger partial charge in [-0.2, -0.15) is 0 Å². The molecular weight excluding hydrogens is 531 g/mol. The smallest absolute Gasteiger partial charge is 0.256 e. The van der Waals surface area contributed by atoms with Crippen molar-refractivity contribution in [2.24, 2.45) is 5.92 Å². The molecule has 3 aliphatic heterocycles. The van der Waals surface area contributed by atoms with Gasteiger partial charge >= 0.3 is 0 Å². The first-order valence-corrected chi connectivity index (χ1v) is 14.9. The van der Waals surface area contributed by atoms with Gasteiger partial charge in [-0.05, 0) is 67.9 Å². The van der Waals surface area contributed by atoms with Crippen LogP contribution in [0.5, 0.6) is 0 Å². The maximum atomic E-state index is 14.3. The Morgan fingerprint density at radius 1 is 0.786 bits per heavy atom. The van der Waals surface area contributed by atoms with E-state index in [1.165, 1.54) is 17.7 Å². The standard InChI is InChI=1S/C34H37FN4O3/c35-30-14-8-7-13-29(30)32(41)37-21-17-34(18-22-37)33(42)38(25-39(34)28-11-5-2-6-12-28)24-31(40)36-19-15-27(16-20-36)23-26-9-3-1-4-10-26/h1-14,27H,15-25H2. The van der Waals surface area contributed by atoms with Crippen LogP contribution in [-0.2, 0) is 16.0 Å². The second-order valence-electron chi connectivity index (χ2n) is 11.7. The summed E-state index contributed by atoms with van der Waals surface area (Å²) < 4.78 is 14.3. The van der Waals surface area contributed by atoms with Crippen molar-refractivity contribution in [3.05, 3.63) is 102 Å². The lowest BCUT2D eigenvalue weighted by atomic mass is 9.85. The fraction of sp³-hybridized carbons (Fsp3) is 0.382. The molecule has 8 heteroatoms. The topological polar surface area (TPSA) is 64.2 Å². The van der Waals surface area contributed by atoms with E-state index in [1.54, 1.807) is 21.9 Å². The van der Waals surface area contributed by atoms with E-state index >= 15 is 0 Å². The number of carbonyl (C=O) groups is 3. The molecule has 3 aliphatic rings. The average Bonchev–Trinajstić information content (AvgIpc) is 3.28. The van der Waals surface area contributed by atoms with E-state index in [9.17, 15) is 18.8 Å². The molecule has 0 saturated carbocycles. The van der Waals surface area contributed by atoms with Crippen molar-refractivity contribution in [1.29, 1.82) is 0 Å². The second kappa shape index (κ2) is 12.0. The van der Waals surface area contributed by atoms with Crippen molar-refractivity contribution in [3.8, 4) is 0 Å². The van der Waals surface area contributed by atoms with Crippen molar-refractivity contribution < 1.29 is 18.8 Å². The van der Waals surface area contributed by atoms with Gasteiger partial charge in [-0.15, -0.1) is 0 Å². The largest absolute Gasteiger partial charge is 0.341 e. The molecule has 0 aromatic heterocycles. The van der Waals surface area contributed by atoms with Crippen LogP contribution in [0.25, 0.3) is 0 Å². The van der Waals surface area contributed by atoms with E-state index in [-0.39, 0.29) is 29.8 Å². The molecule has 0 aliphatic carbocycles. The lowest BCUT2D eigenvalue weighted by molar-refractivity contribution is -0.141. The number of carbonyl (C=O) groups excluding carboxylic acids is 3. The summed E-state index contributed by atoms with van der Waals surface area (Å²) in [7, 11) is 0. The number of likely N-dealkylation sites (tertiary alicyclic amines) is 2. The van der Waals surface area contributed by atoms with Gasteiger partial charge in [0.2, 0.25) is 5.91 Å². The van der Waals surface area contributed by atoms with Crippen LogP contribution in [0.4, 0.5) is 10.1 Å². The van der Waals surface area contributed by atoms with Gasteiger partial charge < -0.3 is 19.6 Å². The number of hydrogen-bond donors (Lipinski definition) is 0. The third-order valence-corrected chi connectivity index (χ3v) is 9.22. The Morgan fingerprint density at radius 2 is 1.40 bits per heavy atom. The first-order chi connectivity index (χ1) is 20.4. The third-order valence-electron chi connectivity index (χ3n) is 9.22. The van der Waals surface area contributed by atoms with Crippen molar-refractivity contribution in [1.82, 2.24) is 14.7 Å². The minimum atomic E-state index is -0.851. The highest BCUT2D eigenvalue weighted by Crippen LogP contribution is 2.40. The molecule has 3 heterocycles. The lowest BCUT2D eigenvalue weighted by Crippen LogP contribution is -2.57. The quantitative estimate of drug-likeness (QED) is 0.437. The minimum Gasteiger partial charge on any atom is -0.341 e. The maximum absolute atomic E-state index is 14.3. The summed E-state index contributed by atoms with van der Waals surface area (Å²) in [5.74, 6) is -0.434. The highest BCUT2D eigenvalue weighted by atomic mass is 19.1. The Kier molecular flexibility index (Phi) is 7.96. The molecule has 0 atom stereocenters. The van der Waals surface area contributed by atoms with Gasteiger partial charge in [0, 0.05) is 31.9 Å². The highest BCUT2D eigenvalue weighted by molar-refractivity contribution is 5.97. The summed E-state index contributed by atoms with van der Waals surface area (Å²) in [6.45, 7) is 2.45. The Bertz CT molecular complexity index is 1420. The molecule has 42 heavy (non-hydrogen) atoms. The SMILES string of the molecule is O=C(CN1CN(c2ccccc2)C2(CCN(C(=O)c3ccccc3F)CC2)C1=O)N1CCC(Cc2ccccc2)CC1. The molecule has 0 unspecified atom stereocenters. The van der Waals surface area contributed by atoms with Crippen molar-refractivity contribution in [2.45, 2.75) is 37.6 Å². The van der Waals surface area contributed by atoms with Crippen LogP contribution in [0.1, 0.15) is 41.6 Å². The van der Waals surface area contributed by atoms with E-state index in [2.05, 4.69) is 29.2 Å². The van der Waals surface area contributed by atoms with Crippen LogP contribution in [-0.4, -0.2) is 77.4 Å². The van der Waals surface area contributed by atoms with Gasteiger partial charge in [-0.1, -0.05) is 60.7 Å². The molecular formula is C34H37FN4O3. The van der Waals surface area contributed by atoms with E-state index in [4.69, 9.17) is 0 Å². The number of hydrogen-bond acceptors (Lipinski definition) is 4. The zero-order valence-corrected chi connectivity index (χ0v) is 23.8.